The summed E-state index contributed by atoms with van der Waals surface area (Å²) in [6.45, 7) is 5.80. The molecular weight excluding hydrogens is 354 g/mol. The van der Waals surface area contributed by atoms with Crippen LogP contribution in [0.25, 0.3) is 0 Å². The number of fused-ring (bicyclic) bond motifs is 1. The number of H-pyrrole nitrogens is 1. The molecule has 1 aliphatic carbocycles. The van der Waals surface area contributed by atoms with Crippen LogP contribution >= 0.6 is 0 Å². The van der Waals surface area contributed by atoms with Gasteiger partial charge in [-0.3, -0.25) is 19.5 Å². The van der Waals surface area contributed by atoms with Gasteiger partial charge in [0.1, 0.15) is 0 Å². The van der Waals surface area contributed by atoms with Crippen molar-refractivity contribution in [2.75, 3.05) is 4.90 Å². The summed E-state index contributed by atoms with van der Waals surface area (Å²) in [4.78, 5) is 14.0. The van der Waals surface area contributed by atoms with Gasteiger partial charge in [-0.05, 0) is 30.4 Å². The standard InChI is InChI=1S/C22H23N3O3/c1-6-25-15-10-8-7-9-14(15)22(3,4)16(25)11-13-19(26)18(20(13)27)17-12(2)23-24(5)21(17)28/h1,7-11,13,18-20,23H,2-5H3/q-2. The summed E-state index contributed by atoms with van der Waals surface area (Å²) in [5, 5.41) is 28.8. The molecule has 0 spiro atoms. The van der Waals surface area contributed by atoms with E-state index in [1.807, 2.05) is 38.1 Å². The number of terminal acetylenes is 1. The van der Waals surface area contributed by atoms with Crippen molar-refractivity contribution in [2.45, 2.75) is 44.3 Å². The van der Waals surface area contributed by atoms with E-state index in [0.29, 0.717) is 11.3 Å². The van der Waals surface area contributed by atoms with Gasteiger partial charge in [0.2, 0.25) is 0 Å². The molecule has 1 aromatic heterocycles. The predicted molar refractivity (Wildman–Crippen MR) is 103 cm³/mol. The Morgan fingerprint density at radius 3 is 2.46 bits per heavy atom. The molecule has 4 rings (SSSR count). The Morgan fingerprint density at radius 1 is 1.25 bits per heavy atom. The molecule has 2 atom stereocenters. The maximum atomic E-state index is 13.0. The maximum absolute atomic E-state index is 13.0. The monoisotopic (exact) mass is 377 g/mol. The highest BCUT2D eigenvalue weighted by Crippen LogP contribution is 2.49. The predicted octanol–water partition coefficient (Wildman–Crippen LogP) is 0.465. The number of rotatable bonds is 2. The van der Waals surface area contributed by atoms with Crippen molar-refractivity contribution < 1.29 is 10.2 Å². The molecule has 0 radical (unpaired) electrons. The number of anilines is 1. The van der Waals surface area contributed by atoms with Crippen molar-refractivity contribution in [1.82, 2.24) is 9.78 Å². The Balaban J connectivity index is 1.71. The first-order valence-corrected chi connectivity index (χ1v) is 9.35. The van der Waals surface area contributed by atoms with Gasteiger partial charge in [0.05, 0.1) is 5.69 Å². The minimum Gasteiger partial charge on any atom is -0.851 e. The van der Waals surface area contributed by atoms with Crippen LogP contribution in [0.5, 0.6) is 0 Å². The van der Waals surface area contributed by atoms with Crippen molar-refractivity contribution in [2.24, 2.45) is 13.0 Å². The number of hydrogen-bond acceptors (Lipinski definition) is 4. The van der Waals surface area contributed by atoms with E-state index in [9.17, 15) is 15.0 Å². The molecule has 146 valence electrons. The van der Waals surface area contributed by atoms with Crippen molar-refractivity contribution in [1.29, 1.82) is 0 Å². The Hall–Kier alpha value is -2.75. The number of nitrogens with zero attached hydrogens (tertiary/aromatic N) is 2. The van der Waals surface area contributed by atoms with E-state index in [2.05, 4.69) is 11.1 Å². The number of para-hydroxylation sites is 1. The molecule has 1 fully saturated rings. The van der Waals surface area contributed by atoms with Gasteiger partial charge < -0.3 is 10.2 Å². The number of aromatic nitrogens is 2. The van der Waals surface area contributed by atoms with Crippen molar-refractivity contribution in [3.8, 4) is 12.5 Å². The molecule has 2 heterocycles. The van der Waals surface area contributed by atoms with E-state index in [1.165, 1.54) is 4.68 Å². The van der Waals surface area contributed by atoms with Crippen LogP contribution in [-0.4, -0.2) is 22.0 Å². The minimum atomic E-state index is -1.17. The van der Waals surface area contributed by atoms with E-state index >= 15 is 0 Å². The van der Waals surface area contributed by atoms with Crippen LogP contribution in [0.15, 0.2) is 40.8 Å². The third kappa shape index (κ3) is 2.33. The first-order valence-electron chi connectivity index (χ1n) is 9.35. The molecule has 2 unspecified atom stereocenters. The number of aromatic amines is 1. The minimum absolute atomic E-state index is 0.297. The molecule has 6 nitrogen and oxygen atoms in total. The quantitative estimate of drug-likeness (QED) is 0.771. The fourth-order valence-corrected chi connectivity index (χ4v) is 4.67. The third-order valence-electron chi connectivity index (χ3n) is 6.25. The normalized spacial score (nSPS) is 29.5. The molecule has 28 heavy (non-hydrogen) atoms. The Morgan fingerprint density at radius 2 is 1.89 bits per heavy atom. The maximum Gasteiger partial charge on any atom is 0.269 e. The van der Waals surface area contributed by atoms with Gasteiger partial charge in [-0.1, -0.05) is 44.5 Å². The summed E-state index contributed by atoms with van der Waals surface area (Å²) in [5.74, 6) is -1.55. The highest BCUT2D eigenvalue weighted by atomic mass is 16.3. The first-order chi connectivity index (χ1) is 13.2. The van der Waals surface area contributed by atoms with E-state index in [-0.39, 0.29) is 5.56 Å². The van der Waals surface area contributed by atoms with Crippen molar-refractivity contribution >= 4 is 5.69 Å². The van der Waals surface area contributed by atoms with E-state index in [4.69, 9.17) is 6.42 Å². The van der Waals surface area contributed by atoms with Gasteiger partial charge in [-0.15, -0.1) is 12.2 Å². The SMILES string of the molecule is C#CN1C(=CC2C([O-])C(c3c(C)[nH]n(C)c3=O)C2[O-])C(C)(C)c2ccccc21. The first kappa shape index (κ1) is 18.6. The van der Waals surface area contributed by atoms with Gasteiger partial charge in [-0.2, -0.15) is 0 Å². The summed E-state index contributed by atoms with van der Waals surface area (Å²) in [6, 6.07) is 10.5. The lowest BCUT2D eigenvalue weighted by molar-refractivity contribution is -0.543. The van der Waals surface area contributed by atoms with Crippen molar-refractivity contribution in [3.05, 3.63) is 63.2 Å². The van der Waals surface area contributed by atoms with E-state index in [1.54, 1.807) is 24.9 Å². The van der Waals surface area contributed by atoms with Gasteiger partial charge in [-0.25, -0.2) is 0 Å². The second-order valence-electron chi connectivity index (χ2n) is 8.21. The molecule has 2 aliphatic rings. The zero-order valence-electron chi connectivity index (χ0n) is 16.4. The number of allylic oxidation sites excluding steroid dienone is 1. The molecule has 0 saturated heterocycles. The lowest BCUT2D eigenvalue weighted by Crippen LogP contribution is -2.65. The van der Waals surface area contributed by atoms with E-state index in [0.717, 1.165) is 16.9 Å². The average Bonchev–Trinajstić information content (AvgIpc) is 3.04. The third-order valence-corrected chi connectivity index (χ3v) is 6.25. The molecule has 2 aromatic rings. The fourth-order valence-electron chi connectivity index (χ4n) is 4.67. The lowest BCUT2D eigenvalue weighted by atomic mass is 9.65. The molecule has 1 saturated carbocycles. The highest BCUT2D eigenvalue weighted by molar-refractivity contribution is 5.73. The van der Waals surface area contributed by atoms with Crippen LogP contribution in [0.1, 0.15) is 36.6 Å². The Kier molecular flexibility index (Phi) is 4.07. The molecule has 1 aromatic carbocycles. The zero-order valence-corrected chi connectivity index (χ0v) is 16.4. The Bertz CT molecular complexity index is 1060. The van der Waals surface area contributed by atoms with Gasteiger partial charge in [0, 0.05) is 35.5 Å². The summed E-state index contributed by atoms with van der Waals surface area (Å²) in [5.41, 5.74) is 2.94. The zero-order chi connectivity index (χ0) is 20.4. The van der Waals surface area contributed by atoms with E-state index < -0.39 is 29.5 Å². The molecule has 0 amide bonds. The smallest absolute Gasteiger partial charge is 0.269 e. The van der Waals surface area contributed by atoms with Crippen LogP contribution in [0.4, 0.5) is 5.69 Å². The fraction of sp³-hybridized carbons (Fsp3) is 0.409. The second kappa shape index (κ2) is 6.13. The molecule has 1 N–H and O–H groups in total. The topological polar surface area (TPSA) is 87.2 Å². The summed E-state index contributed by atoms with van der Waals surface area (Å²) >= 11 is 0. The second-order valence-corrected chi connectivity index (χ2v) is 8.21. The number of benzene rings is 1. The Labute approximate surface area is 164 Å². The molecule has 6 heteroatoms. The number of hydrogen-bond donors (Lipinski definition) is 1. The average molecular weight is 377 g/mol. The summed E-state index contributed by atoms with van der Waals surface area (Å²) in [6.07, 6.45) is 5.16. The molecular formula is C22H23N3O3-2. The summed E-state index contributed by atoms with van der Waals surface area (Å²) in [7, 11) is 1.58. The largest absolute Gasteiger partial charge is 0.851 e. The van der Waals surface area contributed by atoms with Gasteiger partial charge in [0.25, 0.3) is 5.56 Å². The number of aryl methyl sites for hydroxylation is 2. The van der Waals surface area contributed by atoms with Crippen LogP contribution in [0.3, 0.4) is 0 Å². The lowest BCUT2D eigenvalue weighted by Gasteiger charge is -2.60. The highest BCUT2D eigenvalue weighted by Gasteiger charge is 2.44. The van der Waals surface area contributed by atoms with Gasteiger partial charge >= 0.3 is 0 Å². The van der Waals surface area contributed by atoms with Crippen LogP contribution in [0, 0.1) is 25.3 Å². The van der Waals surface area contributed by atoms with Crippen molar-refractivity contribution in [3.63, 3.8) is 0 Å². The van der Waals surface area contributed by atoms with Crippen LogP contribution in [0.2, 0.25) is 0 Å². The van der Waals surface area contributed by atoms with Crippen LogP contribution in [-0.2, 0) is 12.5 Å². The number of nitrogens with one attached hydrogen (secondary N) is 1. The molecule has 0 bridgehead atoms. The summed E-state index contributed by atoms with van der Waals surface area (Å²) < 4.78 is 1.31. The van der Waals surface area contributed by atoms with Crippen LogP contribution < -0.4 is 20.7 Å². The van der Waals surface area contributed by atoms with Gasteiger partial charge in [0.15, 0.2) is 0 Å². The molecule has 1 aliphatic heterocycles.